The summed E-state index contributed by atoms with van der Waals surface area (Å²) >= 11 is 16.8. The van der Waals surface area contributed by atoms with Crippen molar-refractivity contribution in [2.24, 2.45) is 5.73 Å². The fourth-order valence-corrected chi connectivity index (χ4v) is 2.78. The number of carbonyl (C=O) groups excluding carboxylic acids is 1. The normalized spacial score (nSPS) is 10.2. The summed E-state index contributed by atoms with van der Waals surface area (Å²) in [5.41, 5.74) is 8.18. The van der Waals surface area contributed by atoms with E-state index in [1.165, 1.54) is 0 Å². The molecule has 3 nitrogen and oxygen atoms in total. The molecule has 0 saturated heterocycles. The van der Waals surface area contributed by atoms with Gasteiger partial charge in [-0.05, 0) is 36.8 Å². The molecule has 0 aliphatic heterocycles. The van der Waals surface area contributed by atoms with Crippen LogP contribution in [0, 0.1) is 6.92 Å². The summed E-state index contributed by atoms with van der Waals surface area (Å²) in [4.78, 5) is 12.5. The molecule has 0 aliphatic rings. The molecule has 2 rings (SSSR count). The smallest absolute Gasteiger partial charge is 0.255 e. The predicted octanol–water partition coefficient (Wildman–Crippen LogP) is 4.19. The summed E-state index contributed by atoms with van der Waals surface area (Å²) < 4.78 is 0. The minimum absolute atomic E-state index is 0.229. The van der Waals surface area contributed by atoms with Gasteiger partial charge in [-0.2, -0.15) is 0 Å². The molecule has 2 aromatic rings. The zero-order valence-corrected chi connectivity index (χ0v) is 13.4. The molecule has 108 valence electrons. The van der Waals surface area contributed by atoms with Gasteiger partial charge in [0.15, 0.2) is 0 Å². The number of hydrogen-bond donors (Lipinski definition) is 2. The van der Waals surface area contributed by atoms with Gasteiger partial charge in [-0.15, -0.1) is 0 Å². The Morgan fingerprint density at radius 3 is 2.38 bits per heavy atom. The van der Waals surface area contributed by atoms with Gasteiger partial charge in [0.05, 0.1) is 5.69 Å². The maximum Gasteiger partial charge on any atom is 0.255 e. The molecule has 0 unspecified atom stereocenters. The molecule has 1 amide bonds. The highest BCUT2D eigenvalue weighted by molar-refractivity contribution is 7.80. The van der Waals surface area contributed by atoms with E-state index < -0.39 is 0 Å². The molecule has 0 saturated carbocycles. The third-order valence-electron chi connectivity index (χ3n) is 2.89. The Bertz CT molecular complexity index is 711. The van der Waals surface area contributed by atoms with Crippen LogP contribution in [0.5, 0.6) is 0 Å². The molecule has 0 spiro atoms. The first kappa shape index (κ1) is 15.8. The lowest BCUT2D eigenvalue weighted by Crippen LogP contribution is -2.18. The van der Waals surface area contributed by atoms with Gasteiger partial charge in [0.2, 0.25) is 0 Å². The number of hydrogen-bond acceptors (Lipinski definition) is 2. The molecular formula is C15H12Cl2N2OS. The van der Waals surface area contributed by atoms with Crippen molar-refractivity contribution < 1.29 is 4.79 Å². The predicted molar refractivity (Wildman–Crippen MR) is 91.5 cm³/mol. The van der Waals surface area contributed by atoms with Crippen LogP contribution < -0.4 is 11.1 Å². The third-order valence-corrected chi connectivity index (χ3v) is 3.53. The summed E-state index contributed by atoms with van der Waals surface area (Å²) in [6, 6.07) is 10.1. The maximum atomic E-state index is 12.3. The van der Waals surface area contributed by atoms with Crippen LogP contribution in [-0.2, 0) is 0 Å². The minimum atomic E-state index is -0.331. The highest BCUT2D eigenvalue weighted by Crippen LogP contribution is 2.23. The van der Waals surface area contributed by atoms with Crippen LogP contribution in [0.4, 0.5) is 5.69 Å². The SMILES string of the molecule is Cc1cccc(NC(=O)c2cc(Cl)cc(Cl)c2)c1C(N)=S. The number of nitrogens with one attached hydrogen (secondary N) is 1. The monoisotopic (exact) mass is 338 g/mol. The number of nitrogens with two attached hydrogens (primary N) is 1. The Balaban J connectivity index is 2.36. The molecule has 0 bridgehead atoms. The van der Waals surface area contributed by atoms with Crippen LogP contribution in [0.3, 0.4) is 0 Å². The van der Waals surface area contributed by atoms with Gasteiger partial charge >= 0.3 is 0 Å². The van der Waals surface area contributed by atoms with Crippen LogP contribution in [0.1, 0.15) is 21.5 Å². The Morgan fingerprint density at radius 1 is 1.19 bits per heavy atom. The van der Waals surface area contributed by atoms with E-state index in [1.807, 2.05) is 19.1 Å². The number of benzene rings is 2. The maximum absolute atomic E-state index is 12.3. The highest BCUT2D eigenvalue weighted by Gasteiger charge is 2.13. The van der Waals surface area contributed by atoms with E-state index in [-0.39, 0.29) is 10.9 Å². The van der Waals surface area contributed by atoms with Crippen LogP contribution in [-0.4, -0.2) is 10.9 Å². The third kappa shape index (κ3) is 3.73. The van der Waals surface area contributed by atoms with Crippen molar-refractivity contribution >= 4 is 52.0 Å². The Hall–Kier alpha value is -1.62. The van der Waals surface area contributed by atoms with E-state index in [9.17, 15) is 4.79 Å². The van der Waals surface area contributed by atoms with Crippen LogP contribution in [0.25, 0.3) is 0 Å². The number of halogens is 2. The average molecular weight is 339 g/mol. The molecule has 2 aromatic carbocycles. The molecule has 0 radical (unpaired) electrons. The van der Waals surface area contributed by atoms with Crippen molar-refractivity contribution in [3.05, 3.63) is 63.1 Å². The number of thiocarbonyl (C=S) groups is 1. The lowest BCUT2D eigenvalue weighted by atomic mass is 10.1. The molecule has 21 heavy (non-hydrogen) atoms. The van der Waals surface area contributed by atoms with Gasteiger partial charge < -0.3 is 11.1 Å². The fraction of sp³-hybridized carbons (Fsp3) is 0.0667. The van der Waals surface area contributed by atoms with Crippen molar-refractivity contribution in [3.63, 3.8) is 0 Å². The van der Waals surface area contributed by atoms with Crippen molar-refractivity contribution in [3.8, 4) is 0 Å². The van der Waals surface area contributed by atoms with E-state index >= 15 is 0 Å². The molecule has 0 aromatic heterocycles. The quantitative estimate of drug-likeness (QED) is 0.825. The summed E-state index contributed by atoms with van der Waals surface area (Å²) in [6.45, 7) is 1.88. The van der Waals surface area contributed by atoms with Crippen LogP contribution in [0.2, 0.25) is 10.0 Å². The largest absolute Gasteiger partial charge is 0.389 e. The summed E-state index contributed by atoms with van der Waals surface area (Å²) in [5, 5.41) is 3.57. The second-order valence-electron chi connectivity index (χ2n) is 4.47. The van der Waals surface area contributed by atoms with Crippen molar-refractivity contribution in [2.45, 2.75) is 6.92 Å². The summed E-state index contributed by atoms with van der Waals surface area (Å²) in [5.74, 6) is -0.331. The molecule has 0 atom stereocenters. The second-order valence-corrected chi connectivity index (χ2v) is 5.79. The van der Waals surface area contributed by atoms with E-state index in [4.69, 9.17) is 41.2 Å². The van der Waals surface area contributed by atoms with Gasteiger partial charge in [-0.3, -0.25) is 4.79 Å². The number of rotatable bonds is 3. The Labute approximate surface area is 138 Å². The van der Waals surface area contributed by atoms with E-state index in [0.29, 0.717) is 26.9 Å². The summed E-state index contributed by atoms with van der Waals surface area (Å²) in [7, 11) is 0. The molecule has 0 aliphatic carbocycles. The number of aryl methyl sites for hydroxylation is 1. The zero-order chi connectivity index (χ0) is 15.6. The Kier molecular flexibility index (Phi) is 4.83. The van der Waals surface area contributed by atoms with Gasteiger partial charge in [0.25, 0.3) is 5.91 Å². The number of carbonyl (C=O) groups is 1. The zero-order valence-electron chi connectivity index (χ0n) is 11.1. The van der Waals surface area contributed by atoms with Crippen LogP contribution in [0.15, 0.2) is 36.4 Å². The van der Waals surface area contributed by atoms with Crippen LogP contribution >= 0.6 is 35.4 Å². The number of amides is 1. The molecule has 3 N–H and O–H groups in total. The van der Waals surface area contributed by atoms with E-state index in [1.54, 1.807) is 24.3 Å². The molecular weight excluding hydrogens is 327 g/mol. The highest BCUT2D eigenvalue weighted by atomic mass is 35.5. The van der Waals surface area contributed by atoms with Gasteiger partial charge in [0.1, 0.15) is 4.99 Å². The average Bonchev–Trinajstić information content (AvgIpc) is 2.37. The minimum Gasteiger partial charge on any atom is -0.389 e. The lowest BCUT2D eigenvalue weighted by molar-refractivity contribution is 0.102. The first-order valence-corrected chi connectivity index (χ1v) is 7.22. The van der Waals surface area contributed by atoms with Gasteiger partial charge in [0, 0.05) is 21.2 Å². The van der Waals surface area contributed by atoms with Gasteiger partial charge in [-0.1, -0.05) is 47.6 Å². The second kappa shape index (κ2) is 6.43. The van der Waals surface area contributed by atoms with E-state index in [0.717, 1.165) is 5.56 Å². The first-order chi connectivity index (χ1) is 9.88. The first-order valence-electron chi connectivity index (χ1n) is 6.05. The lowest BCUT2D eigenvalue weighted by Gasteiger charge is -2.13. The number of anilines is 1. The topological polar surface area (TPSA) is 55.1 Å². The standard InChI is InChI=1S/C15H12Cl2N2OS/c1-8-3-2-4-12(13(8)14(18)21)19-15(20)9-5-10(16)7-11(17)6-9/h2-7H,1H3,(H2,18,21)(H,19,20). The van der Waals surface area contributed by atoms with Crippen molar-refractivity contribution in [2.75, 3.05) is 5.32 Å². The van der Waals surface area contributed by atoms with Gasteiger partial charge in [-0.25, -0.2) is 0 Å². The molecule has 6 heteroatoms. The summed E-state index contributed by atoms with van der Waals surface area (Å²) in [6.07, 6.45) is 0. The van der Waals surface area contributed by atoms with E-state index in [2.05, 4.69) is 5.32 Å². The molecule has 0 heterocycles. The Morgan fingerprint density at radius 2 is 1.81 bits per heavy atom. The molecule has 0 fully saturated rings. The van der Waals surface area contributed by atoms with Crippen molar-refractivity contribution in [1.82, 2.24) is 0 Å². The van der Waals surface area contributed by atoms with Crippen molar-refractivity contribution in [1.29, 1.82) is 0 Å². The fourth-order valence-electron chi connectivity index (χ4n) is 1.98.